The monoisotopic (exact) mass is 463 g/mol. The minimum Gasteiger partial charge on any atom is -0.438 e. The van der Waals surface area contributed by atoms with Gasteiger partial charge in [-0.1, -0.05) is 11.6 Å². The first-order valence-electron chi connectivity index (χ1n) is 9.57. The second-order valence-corrected chi connectivity index (χ2v) is 8.84. The number of imide groups is 1. The van der Waals surface area contributed by atoms with Crippen LogP contribution in [0.25, 0.3) is 0 Å². The van der Waals surface area contributed by atoms with E-state index in [4.69, 9.17) is 25.8 Å². The molecule has 0 aromatic carbocycles. The molecule has 0 radical (unpaired) electrons. The summed E-state index contributed by atoms with van der Waals surface area (Å²) in [6.45, 7) is 5.64. The van der Waals surface area contributed by atoms with Crippen molar-refractivity contribution in [3.63, 3.8) is 0 Å². The molecule has 2 amide bonds. The first kappa shape index (κ1) is 25.2. The molecule has 1 saturated carbocycles. The highest BCUT2D eigenvalue weighted by molar-refractivity contribution is 8.01. The number of amides is 2. The van der Waals surface area contributed by atoms with E-state index in [-0.39, 0.29) is 12.5 Å². The predicted molar refractivity (Wildman–Crippen MR) is 114 cm³/mol. The van der Waals surface area contributed by atoms with Gasteiger partial charge in [0, 0.05) is 13.5 Å². The van der Waals surface area contributed by atoms with Gasteiger partial charge in [0.1, 0.15) is 17.6 Å². The number of hydrogen-bond acceptors (Lipinski definition) is 8. The molecule has 0 spiro atoms. The largest absolute Gasteiger partial charge is 0.438 e. The first-order chi connectivity index (χ1) is 14.0. The second-order valence-electron chi connectivity index (χ2n) is 7.87. The lowest BCUT2D eigenvalue weighted by Crippen LogP contribution is -2.69. The van der Waals surface area contributed by atoms with Gasteiger partial charge in [-0.05, 0) is 44.4 Å². The Bertz CT molecular complexity index is 726. The minimum absolute atomic E-state index is 0.0485. The molecule has 1 saturated heterocycles. The van der Waals surface area contributed by atoms with Crippen LogP contribution in [-0.4, -0.2) is 77.1 Å². The van der Waals surface area contributed by atoms with E-state index in [9.17, 15) is 19.8 Å². The van der Waals surface area contributed by atoms with E-state index < -0.39 is 47.4 Å². The number of nitrogens with one attached hydrogen (secondary N) is 1. The van der Waals surface area contributed by atoms with Crippen molar-refractivity contribution in [1.29, 1.82) is 0 Å². The summed E-state index contributed by atoms with van der Waals surface area (Å²) in [5.74, 6) is -1.11. The molecule has 8 nitrogen and oxygen atoms in total. The van der Waals surface area contributed by atoms with E-state index in [2.05, 4.69) is 0 Å². The van der Waals surface area contributed by atoms with Gasteiger partial charge in [-0.3, -0.25) is 10.1 Å². The standard InChI is InChI=1S/C20H30ClNO7S/c1-11(2)6-7-14-19(3,29-14)20(26)13(23)8-12(10-30-5)16(17(20)27-4)28-18(25)22-15(24)9-21/h6,10,13-14,16-17,23,26H,7-9H2,1-5H3,(H,22,24,25)/t13-,14+,16-,17-,19+,20+/m1/s1. The Morgan fingerprint density at radius 1 is 1.43 bits per heavy atom. The maximum atomic E-state index is 12.2. The highest BCUT2D eigenvalue weighted by Gasteiger charge is 2.73. The maximum Gasteiger partial charge on any atom is 0.414 e. The molecule has 30 heavy (non-hydrogen) atoms. The molecule has 6 atom stereocenters. The van der Waals surface area contributed by atoms with Crippen LogP contribution in [0.1, 0.15) is 33.6 Å². The molecule has 1 aliphatic carbocycles. The average Bonchev–Trinajstić information content (AvgIpc) is 3.36. The van der Waals surface area contributed by atoms with Gasteiger partial charge in [-0.25, -0.2) is 4.79 Å². The number of methoxy groups -OCH3 is 1. The molecule has 1 aliphatic heterocycles. The molecule has 3 N–H and O–H groups in total. The number of thioether (sulfide) groups is 1. The molecular formula is C20H30ClNO7S. The number of allylic oxidation sites excluding steroid dienone is 1. The quantitative estimate of drug-likeness (QED) is 0.298. The van der Waals surface area contributed by atoms with Crippen LogP contribution in [0.3, 0.4) is 0 Å². The van der Waals surface area contributed by atoms with Gasteiger partial charge >= 0.3 is 6.09 Å². The normalized spacial score (nSPS) is 36.9. The zero-order valence-corrected chi connectivity index (χ0v) is 19.4. The Labute approximate surface area is 186 Å². The number of alkyl halides is 1. The van der Waals surface area contributed by atoms with Crippen LogP contribution >= 0.6 is 23.4 Å². The summed E-state index contributed by atoms with van der Waals surface area (Å²) >= 11 is 6.78. The van der Waals surface area contributed by atoms with Crippen molar-refractivity contribution in [2.75, 3.05) is 19.2 Å². The predicted octanol–water partition coefficient (Wildman–Crippen LogP) is 2.12. The van der Waals surface area contributed by atoms with Crippen LogP contribution in [0.4, 0.5) is 4.79 Å². The van der Waals surface area contributed by atoms with Crippen molar-refractivity contribution < 1.29 is 34.0 Å². The van der Waals surface area contributed by atoms with E-state index in [1.54, 1.807) is 12.3 Å². The highest BCUT2D eigenvalue weighted by Crippen LogP contribution is 2.54. The smallest absolute Gasteiger partial charge is 0.414 e. The van der Waals surface area contributed by atoms with Crippen molar-refractivity contribution in [2.24, 2.45) is 0 Å². The van der Waals surface area contributed by atoms with Gasteiger partial charge < -0.3 is 24.4 Å². The molecule has 0 aromatic rings. The lowest BCUT2D eigenvalue weighted by atomic mass is 9.67. The zero-order chi connectivity index (χ0) is 22.7. The van der Waals surface area contributed by atoms with E-state index in [1.807, 2.05) is 31.5 Å². The summed E-state index contributed by atoms with van der Waals surface area (Å²) < 4.78 is 16.9. The lowest BCUT2D eigenvalue weighted by Gasteiger charge is -2.49. The topological polar surface area (TPSA) is 118 Å². The van der Waals surface area contributed by atoms with Crippen LogP contribution in [0.2, 0.25) is 0 Å². The molecule has 0 bridgehead atoms. The third-order valence-electron chi connectivity index (χ3n) is 5.61. The Balaban J connectivity index is 2.35. The average molecular weight is 464 g/mol. The summed E-state index contributed by atoms with van der Waals surface area (Å²) in [4.78, 5) is 23.6. The Kier molecular flexibility index (Phi) is 8.40. The zero-order valence-electron chi connectivity index (χ0n) is 17.8. The molecule has 2 aliphatic rings. The van der Waals surface area contributed by atoms with Crippen molar-refractivity contribution >= 4 is 35.4 Å². The molecule has 2 fully saturated rings. The van der Waals surface area contributed by atoms with Crippen LogP contribution in [0, 0.1) is 0 Å². The Morgan fingerprint density at radius 3 is 2.63 bits per heavy atom. The van der Waals surface area contributed by atoms with Gasteiger partial charge in [0.2, 0.25) is 5.91 Å². The van der Waals surface area contributed by atoms with Crippen molar-refractivity contribution in [1.82, 2.24) is 5.32 Å². The van der Waals surface area contributed by atoms with E-state index in [0.29, 0.717) is 12.0 Å². The summed E-state index contributed by atoms with van der Waals surface area (Å²) in [7, 11) is 1.36. The number of rotatable bonds is 7. The van der Waals surface area contributed by atoms with E-state index in [1.165, 1.54) is 18.9 Å². The summed E-state index contributed by atoms with van der Waals surface area (Å²) in [5, 5.41) is 26.3. The number of hydrogen-bond donors (Lipinski definition) is 3. The second kappa shape index (κ2) is 10.0. The minimum atomic E-state index is -1.85. The fraction of sp³-hybridized carbons (Fsp3) is 0.700. The first-order valence-corrected chi connectivity index (χ1v) is 11.4. The van der Waals surface area contributed by atoms with Crippen LogP contribution in [0.5, 0.6) is 0 Å². The lowest BCUT2D eigenvalue weighted by molar-refractivity contribution is -0.223. The summed E-state index contributed by atoms with van der Waals surface area (Å²) in [6, 6.07) is 0. The molecule has 1 heterocycles. The molecular weight excluding hydrogens is 434 g/mol. The SMILES string of the molecule is CO[C@@H]1[C@H](OC(=O)NC(=O)CCl)C(=CSC)C[C@@H](O)[C@@]1(O)[C@@]1(C)O[C@H]1CC=C(C)C. The number of alkyl carbamates (subject to hydrolysis) is 1. The van der Waals surface area contributed by atoms with Crippen molar-refractivity contribution in [3.8, 4) is 0 Å². The number of aliphatic hydroxyl groups excluding tert-OH is 1. The molecule has 10 heteroatoms. The number of ether oxygens (including phenoxy) is 3. The molecule has 2 rings (SSSR count). The summed E-state index contributed by atoms with van der Waals surface area (Å²) in [5.41, 5.74) is -1.28. The van der Waals surface area contributed by atoms with Crippen LogP contribution in [-0.2, 0) is 19.0 Å². The maximum absolute atomic E-state index is 12.2. The molecule has 0 unspecified atom stereocenters. The third kappa shape index (κ3) is 4.87. The van der Waals surface area contributed by atoms with Crippen molar-refractivity contribution in [3.05, 3.63) is 22.6 Å². The van der Waals surface area contributed by atoms with E-state index in [0.717, 1.165) is 5.57 Å². The van der Waals surface area contributed by atoms with Crippen LogP contribution < -0.4 is 5.32 Å². The van der Waals surface area contributed by atoms with Gasteiger partial charge in [-0.15, -0.1) is 23.4 Å². The number of aliphatic hydroxyl groups is 2. The molecule has 170 valence electrons. The Hall–Kier alpha value is -1.10. The fourth-order valence-corrected chi connectivity index (χ4v) is 4.55. The number of halogens is 1. The van der Waals surface area contributed by atoms with Crippen LogP contribution in [0.15, 0.2) is 22.6 Å². The highest BCUT2D eigenvalue weighted by atomic mass is 35.5. The van der Waals surface area contributed by atoms with Gasteiger partial charge in [0.15, 0.2) is 11.7 Å². The number of carbonyl (C=O) groups is 2. The van der Waals surface area contributed by atoms with Gasteiger partial charge in [0.05, 0.1) is 12.2 Å². The van der Waals surface area contributed by atoms with Gasteiger partial charge in [-0.2, -0.15) is 0 Å². The number of carbonyl (C=O) groups excluding carboxylic acids is 2. The van der Waals surface area contributed by atoms with Gasteiger partial charge in [0.25, 0.3) is 0 Å². The Morgan fingerprint density at radius 2 is 2.10 bits per heavy atom. The van der Waals surface area contributed by atoms with Crippen molar-refractivity contribution in [2.45, 2.75) is 69.2 Å². The fourth-order valence-electron chi connectivity index (χ4n) is 3.95. The third-order valence-corrected chi connectivity index (χ3v) is 6.39. The molecule has 0 aromatic heterocycles. The number of epoxide rings is 1. The summed E-state index contributed by atoms with van der Waals surface area (Å²) in [6.07, 6.45) is -0.298. The van der Waals surface area contributed by atoms with E-state index >= 15 is 0 Å².